The highest BCUT2D eigenvalue weighted by molar-refractivity contribution is 7.45. The highest BCUT2D eigenvalue weighted by Crippen LogP contribution is 2.38. The number of unbranched alkanes of at least 4 members (excludes halogenated alkanes) is 32. The fourth-order valence-corrected chi connectivity index (χ4v) is 9.71. The molecule has 1 amide bonds. The van der Waals surface area contributed by atoms with Gasteiger partial charge in [0.1, 0.15) is 13.2 Å². The summed E-state index contributed by atoms with van der Waals surface area (Å²) in [5, 5.41) is 13.9. The second-order valence-corrected chi connectivity index (χ2v) is 23.8. The van der Waals surface area contributed by atoms with Gasteiger partial charge in [0.15, 0.2) is 0 Å². The second-order valence-electron chi connectivity index (χ2n) is 22.4. The van der Waals surface area contributed by atoms with Gasteiger partial charge in [0.25, 0.3) is 7.82 Å². The van der Waals surface area contributed by atoms with Gasteiger partial charge in [-0.2, -0.15) is 0 Å². The molecule has 9 heteroatoms. The number of amides is 1. The minimum atomic E-state index is -4.61. The Morgan fingerprint density at radius 3 is 1.19 bits per heavy atom. The number of allylic oxidation sites excluding steroid dienone is 13. The van der Waals surface area contributed by atoms with Gasteiger partial charge in [0.2, 0.25) is 5.91 Å². The Balaban J connectivity index is 4.20. The number of rotatable bonds is 57. The number of nitrogens with zero attached hydrogens (tertiary/aromatic N) is 1. The molecule has 0 aliphatic rings. The predicted molar refractivity (Wildman–Crippen MR) is 325 cm³/mol. The lowest BCUT2D eigenvalue weighted by Crippen LogP contribution is -2.45. The number of aliphatic hydroxyl groups excluding tert-OH is 1. The van der Waals surface area contributed by atoms with Crippen LogP contribution in [-0.2, 0) is 18.4 Å². The number of phosphoric acid groups is 1. The van der Waals surface area contributed by atoms with Crippen molar-refractivity contribution in [3.05, 3.63) is 85.1 Å². The molecule has 0 saturated carbocycles. The first-order chi connectivity index (χ1) is 36.5. The van der Waals surface area contributed by atoms with E-state index in [1.165, 1.54) is 167 Å². The molecule has 0 rings (SSSR count). The van der Waals surface area contributed by atoms with Crippen LogP contribution in [0, 0.1) is 0 Å². The Morgan fingerprint density at radius 1 is 0.480 bits per heavy atom. The van der Waals surface area contributed by atoms with E-state index >= 15 is 0 Å². The first kappa shape index (κ1) is 72.7. The Labute approximate surface area is 465 Å². The van der Waals surface area contributed by atoms with Gasteiger partial charge in [-0.05, 0) is 70.6 Å². The average Bonchev–Trinajstić information content (AvgIpc) is 3.37. The van der Waals surface area contributed by atoms with Crippen LogP contribution in [0.2, 0.25) is 0 Å². The van der Waals surface area contributed by atoms with Crippen LogP contribution in [0.3, 0.4) is 0 Å². The minimum Gasteiger partial charge on any atom is -0.756 e. The molecule has 0 aliphatic heterocycles. The molecule has 75 heavy (non-hydrogen) atoms. The first-order valence-electron chi connectivity index (χ1n) is 31.4. The maximum atomic E-state index is 13.0. The quantitative estimate of drug-likeness (QED) is 0.0272. The maximum Gasteiger partial charge on any atom is 0.268 e. The van der Waals surface area contributed by atoms with Crippen molar-refractivity contribution in [3.63, 3.8) is 0 Å². The van der Waals surface area contributed by atoms with E-state index in [-0.39, 0.29) is 19.1 Å². The molecular weight excluding hydrogens is 948 g/mol. The van der Waals surface area contributed by atoms with E-state index in [0.717, 1.165) is 89.9 Å². The minimum absolute atomic E-state index is 0.00628. The van der Waals surface area contributed by atoms with Crippen LogP contribution in [0.5, 0.6) is 0 Å². The third-order valence-corrected chi connectivity index (χ3v) is 14.8. The van der Waals surface area contributed by atoms with Crippen molar-refractivity contribution in [2.75, 3.05) is 40.9 Å². The normalized spacial score (nSPS) is 14.4. The zero-order valence-corrected chi connectivity index (χ0v) is 50.6. The summed E-state index contributed by atoms with van der Waals surface area (Å²) in [5.74, 6) is -0.206. The zero-order valence-electron chi connectivity index (χ0n) is 49.7. The lowest BCUT2D eigenvalue weighted by atomic mass is 10.0. The molecule has 3 atom stereocenters. The third-order valence-electron chi connectivity index (χ3n) is 13.9. The zero-order chi connectivity index (χ0) is 54.9. The summed E-state index contributed by atoms with van der Waals surface area (Å²) in [6.07, 6.45) is 79.5. The summed E-state index contributed by atoms with van der Waals surface area (Å²) >= 11 is 0. The number of carbonyl (C=O) groups excluding carboxylic acids is 1. The summed E-state index contributed by atoms with van der Waals surface area (Å²) in [6.45, 7) is 4.55. The van der Waals surface area contributed by atoms with E-state index in [4.69, 9.17) is 9.05 Å². The van der Waals surface area contributed by atoms with Crippen LogP contribution in [0.1, 0.15) is 277 Å². The van der Waals surface area contributed by atoms with Crippen molar-refractivity contribution in [1.29, 1.82) is 0 Å². The van der Waals surface area contributed by atoms with Crippen molar-refractivity contribution >= 4 is 13.7 Å². The highest BCUT2D eigenvalue weighted by Gasteiger charge is 2.23. The summed E-state index contributed by atoms with van der Waals surface area (Å²) in [4.78, 5) is 25.6. The predicted octanol–water partition coefficient (Wildman–Crippen LogP) is 19.0. The van der Waals surface area contributed by atoms with Crippen molar-refractivity contribution in [3.8, 4) is 0 Å². The Morgan fingerprint density at radius 2 is 0.813 bits per heavy atom. The van der Waals surface area contributed by atoms with E-state index < -0.39 is 20.0 Å². The molecular formula is C66H121N2O6P. The van der Waals surface area contributed by atoms with E-state index in [1.54, 1.807) is 6.08 Å². The fraction of sp³-hybridized carbons (Fsp3) is 0.773. The monoisotopic (exact) mass is 1070 g/mol. The molecule has 0 spiro atoms. The van der Waals surface area contributed by atoms with E-state index in [2.05, 4.69) is 92.1 Å². The number of hydrogen-bond donors (Lipinski definition) is 2. The molecule has 0 saturated heterocycles. The van der Waals surface area contributed by atoms with Gasteiger partial charge in [-0.1, -0.05) is 285 Å². The Bertz CT molecular complexity index is 1500. The molecule has 0 radical (unpaired) electrons. The molecule has 436 valence electrons. The van der Waals surface area contributed by atoms with Crippen molar-refractivity contribution in [2.45, 2.75) is 289 Å². The number of carbonyl (C=O) groups is 1. The summed E-state index contributed by atoms with van der Waals surface area (Å²) in [5.41, 5.74) is 0. The number of quaternary nitrogens is 1. The number of nitrogens with one attached hydrogen (secondary N) is 1. The van der Waals surface area contributed by atoms with Crippen LogP contribution in [0.15, 0.2) is 85.1 Å². The lowest BCUT2D eigenvalue weighted by Gasteiger charge is -2.29. The topological polar surface area (TPSA) is 108 Å². The average molecular weight is 1070 g/mol. The summed E-state index contributed by atoms with van der Waals surface area (Å²) in [6, 6.07) is -0.898. The van der Waals surface area contributed by atoms with Gasteiger partial charge < -0.3 is 28.8 Å². The van der Waals surface area contributed by atoms with Crippen LogP contribution < -0.4 is 10.2 Å². The maximum absolute atomic E-state index is 13.0. The van der Waals surface area contributed by atoms with E-state index in [0.29, 0.717) is 17.4 Å². The van der Waals surface area contributed by atoms with Gasteiger partial charge in [-0.25, -0.2) is 0 Å². The summed E-state index contributed by atoms with van der Waals surface area (Å²) in [7, 11) is 1.25. The van der Waals surface area contributed by atoms with Crippen molar-refractivity contribution in [1.82, 2.24) is 5.32 Å². The SMILES string of the molecule is CC/C=C\C/C=C\C/C=C\C/C=C\C/C=C\C/C=C\CCCCCCCCCCC(=O)NC(COP(=O)([O-])OCC[N+](C)(C)C)C(O)/C=C/CCCCCCCCCCCCCCCCCCCCCCCCCC. The van der Waals surface area contributed by atoms with E-state index in [1.807, 2.05) is 27.2 Å². The number of aliphatic hydroxyl groups is 1. The Kier molecular flexibility index (Phi) is 54.7. The molecule has 0 aromatic rings. The van der Waals surface area contributed by atoms with Gasteiger partial charge in [-0.3, -0.25) is 9.36 Å². The van der Waals surface area contributed by atoms with E-state index in [9.17, 15) is 19.4 Å². The van der Waals surface area contributed by atoms with Crippen LogP contribution >= 0.6 is 7.82 Å². The largest absolute Gasteiger partial charge is 0.756 e. The lowest BCUT2D eigenvalue weighted by molar-refractivity contribution is -0.870. The molecule has 0 bridgehead atoms. The van der Waals surface area contributed by atoms with Gasteiger partial charge in [0.05, 0.1) is 39.9 Å². The molecule has 0 aromatic heterocycles. The van der Waals surface area contributed by atoms with Gasteiger partial charge in [0, 0.05) is 6.42 Å². The summed E-state index contributed by atoms with van der Waals surface area (Å²) < 4.78 is 23.4. The first-order valence-corrected chi connectivity index (χ1v) is 32.9. The Hall–Kier alpha value is -2.32. The number of likely N-dealkylation sites (N-methyl/N-ethyl adjacent to an activating group) is 1. The fourth-order valence-electron chi connectivity index (χ4n) is 8.98. The molecule has 3 unspecified atom stereocenters. The number of hydrogen-bond acceptors (Lipinski definition) is 6. The third kappa shape index (κ3) is 59.2. The molecule has 0 aromatic carbocycles. The standard InChI is InChI=1S/C66H121N2O6P/c1-6-8-10-12-14-16-18-20-22-24-26-28-30-32-34-36-38-40-42-44-46-48-50-52-54-56-58-60-66(70)67-64(63-74-75(71,72)73-62-61-68(3,4)5)65(69)59-57-55-53-51-49-47-45-43-41-39-37-35-33-31-29-27-25-23-21-19-17-15-13-11-9-7-2/h8,10,14,16,20,22,26,28,32,34,38,40,57,59,64-65,69H,6-7,9,11-13,15,17-19,21,23-25,27,29-31,33,35-37,39,41-56,58,60-63H2,1-5H3,(H-,67,70,71,72)/b10-8-,16-14-,22-20-,28-26-,34-32-,40-38-,59-57+. The van der Waals surface area contributed by atoms with Gasteiger partial charge in [-0.15, -0.1) is 0 Å². The molecule has 0 heterocycles. The molecule has 0 aliphatic carbocycles. The molecule has 0 fully saturated rings. The van der Waals surface area contributed by atoms with Crippen LogP contribution in [0.25, 0.3) is 0 Å². The smallest absolute Gasteiger partial charge is 0.268 e. The van der Waals surface area contributed by atoms with Gasteiger partial charge >= 0.3 is 0 Å². The van der Waals surface area contributed by atoms with Crippen LogP contribution in [0.4, 0.5) is 0 Å². The second kappa shape index (κ2) is 56.4. The van der Waals surface area contributed by atoms with Crippen molar-refractivity contribution in [2.24, 2.45) is 0 Å². The number of phosphoric ester groups is 1. The van der Waals surface area contributed by atoms with Crippen molar-refractivity contribution < 1.29 is 32.9 Å². The molecule has 8 nitrogen and oxygen atoms in total. The van der Waals surface area contributed by atoms with Crippen LogP contribution in [-0.4, -0.2) is 68.5 Å². The highest BCUT2D eigenvalue weighted by atomic mass is 31.2. The molecule has 2 N–H and O–H groups in total.